The maximum absolute atomic E-state index is 13.9. The molecule has 2 heterocycles. The van der Waals surface area contributed by atoms with E-state index < -0.39 is 11.6 Å². The molecule has 102 valence electrons. The van der Waals surface area contributed by atoms with E-state index in [0.717, 1.165) is 11.8 Å². The largest absolute Gasteiger partial charge is 0.275 e. The minimum absolute atomic E-state index is 0.156. The summed E-state index contributed by atoms with van der Waals surface area (Å²) in [5.41, 5.74) is 1.93. The van der Waals surface area contributed by atoms with Crippen molar-refractivity contribution in [2.75, 3.05) is 0 Å². The Bertz CT molecular complexity index is 829. The zero-order valence-electron chi connectivity index (χ0n) is 10.7. The lowest BCUT2D eigenvalue weighted by Crippen LogP contribution is -2.01. The third-order valence-electron chi connectivity index (χ3n) is 3.14. The van der Waals surface area contributed by atoms with Gasteiger partial charge in [0.1, 0.15) is 11.6 Å². The summed E-state index contributed by atoms with van der Waals surface area (Å²) >= 11 is 6.01. The highest BCUT2D eigenvalue weighted by atomic mass is 35.5. The molecule has 0 spiro atoms. The Morgan fingerprint density at radius 1 is 1.15 bits per heavy atom. The maximum atomic E-state index is 13.9. The Hall–Kier alpha value is -2.08. The summed E-state index contributed by atoms with van der Waals surface area (Å²) in [5.74, 6) is -1.08. The molecule has 7 heteroatoms. The Kier molecular flexibility index (Phi) is 2.90. The van der Waals surface area contributed by atoms with Crippen molar-refractivity contribution in [3.05, 3.63) is 46.4 Å². The molecule has 0 fully saturated rings. The summed E-state index contributed by atoms with van der Waals surface area (Å²) in [6.07, 6.45) is 0. The fourth-order valence-corrected chi connectivity index (χ4v) is 2.27. The predicted molar refractivity (Wildman–Crippen MR) is 70.6 cm³/mol. The van der Waals surface area contributed by atoms with Crippen LogP contribution in [0.3, 0.4) is 0 Å². The van der Waals surface area contributed by atoms with Crippen molar-refractivity contribution in [1.29, 1.82) is 0 Å². The van der Waals surface area contributed by atoms with Crippen molar-refractivity contribution in [2.24, 2.45) is 0 Å². The van der Waals surface area contributed by atoms with E-state index in [0.29, 0.717) is 11.3 Å². The van der Waals surface area contributed by atoms with Gasteiger partial charge in [0.05, 0.1) is 11.3 Å². The van der Waals surface area contributed by atoms with Crippen molar-refractivity contribution in [3.8, 4) is 11.4 Å². The Labute approximate surface area is 118 Å². The summed E-state index contributed by atoms with van der Waals surface area (Å²) in [6, 6.07) is 3.30. The normalized spacial score (nSPS) is 11.2. The third kappa shape index (κ3) is 1.84. The smallest absolute Gasteiger partial charge is 0.199 e. The van der Waals surface area contributed by atoms with Crippen LogP contribution in [0.15, 0.2) is 18.2 Å². The lowest BCUT2D eigenvalue weighted by Gasteiger charge is -2.07. The fraction of sp³-hybridized carbons (Fsp3) is 0.154. The summed E-state index contributed by atoms with van der Waals surface area (Å²) in [7, 11) is 0. The fourth-order valence-electron chi connectivity index (χ4n) is 2.02. The first-order valence-corrected chi connectivity index (χ1v) is 6.20. The van der Waals surface area contributed by atoms with E-state index >= 15 is 0 Å². The molecule has 0 saturated carbocycles. The second kappa shape index (κ2) is 4.49. The summed E-state index contributed by atoms with van der Waals surface area (Å²) in [6.45, 7) is 3.59. The number of aromatic nitrogens is 4. The lowest BCUT2D eigenvalue weighted by molar-refractivity contribution is 0.584. The zero-order valence-corrected chi connectivity index (χ0v) is 11.4. The van der Waals surface area contributed by atoms with Crippen LogP contribution in [0.1, 0.15) is 11.4 Å². The van der Waals surface area contributed by atoms with Gasteiger partial charge in [-0.3, -0.25) is 4.40 Å². The van der Waals surface area contributed by atoms with Crippen LogP contribution in [0.2, 0.25) is 5.15 Å². The molecule has 0 unspecified atom stereocenters. The number of hydrogen-bond donors (Lipinski definition) is 0. The molecule has 1 aromatic carbocycles. The van der Waals surface area contributed by atoms with Crippen molar-refractivity contribution in [3.63, 3.8) is 0 Å². The van der Waals surface area contributed by atoms with E-state index in [1.165, 1.54) is 12.1 Å². The Balaban J connectivity index is 2.38. The van der Waals surface area contributed by atoms with Crippen LogP contribution in [0, 0.1) is 25.5 Å². The maximum Gasteiger partial charge on any atom is 0.199 e. The number of fused-ring (bicyclic) bond motifs is 1. The number of aryl methyl sites for hydroxylation is 2. The average molecular weight is 295 g/mol. The van der Waals surface area contributed by atoms with Gasteiger partial charge in [-0.05, 0) is 26.0 Å². The molecule has 0 radical (unpaired) electrons. The van der Waals surface area contributed by atoms with Gasteiger partial charge in [-0.25, -0.2) is 13.8 Å². The molecule has 4 nitrogen and oxygen atoms in total. The average Bonchev–Trinajstić information content (AvgIpc) is 2.81. The topological polar surface area (TPSA) is 43.1 Å². The van der Waals surface area contributed by atoms with E-state index in [9.17, 15) is 8.78 Å². The van der Waals surface area contributed by atoms with Gasteiger partial charge >= 0.3 is 0 Å². The lowest BCUT2D eigenvalue weighted by atomic mass is 10.2. The van der Waals surface area contributed by atoms with Crippen LogP contribution >= 0.6 is 11.6 Å². The first-order chi connectivity index (χ1) is 9.49. The van der Waals surface area contributed by atoms with Gasteiger partial charge in [-0.15, -0.1) is 10.2 Å². The van der Waals surface area contributed by atoms with Gasteiger partial charge in [0, 0.05) is 11.8 Å². The van der Waals surface area contributed by atoms with Gasteiger partial charge < -0.3 is 0 Å². The van der Waals surface area contributed by atoms with Gasteiger partial charge in [-0.2, -0.15) is 0 Å². The second-order valence-electron chi connectivity index (χ2n) is 4.38. The van der Waals surface area contributed by atoms with Gasteiger partial charge in [-0.1, -0.05) is 11.6 Å². The quantitative estimate of drug-likeness (QED) is 0.691. The zero-order chi connectivity index (χ0) is 14.4. The molecule has 0 atom stereocenters. The summed E-state index contributed by atoms with van der Waals surface area (Å²) < 4.78 is 28.5. The van der Waals surface area contributed by atoms with E-state index in [2.05, 4.69) is 15.2 Å². The number of rotatable bonds is 1. The predicted octanol–water partition coefficient (Wildman–Crippen LogP) is 3.34. The first kappa shape index (κ1) is 12.9. The molecule has 0 bridgehead atoms. The van der Waals surface area contributed by atoms with E-state index in [1.54, 1.807) is 18.2 Å². The van der Waals surface area contributed by atoms with Crippen LogP contribution in [0.25, 0.3) is 17.0 Å². The molecule has 0 N–H and O–H groups in total. The summed E-state index contributed by atoms with van der Waals surface area (Å²) in [4.78, 5) is 4.13. The molecule has 0 aliphatic rings. The number of nitrogens with zero attached hydrogens (tertiary/aromatic N) is 4. The molecule has 3 rings (SSSR count). The molecule has 0 saturated heterocycles. The summed E-state index contributed by atoms with van der Waals surface area (Å²) in [5, 5.41) is 8.05. The van der Waals surface area contributed by atoms with Crippen LogP contribution < -0.4 is 0 Å². The van der Waals surface area contributed by atoms with Gasteiger partial charge in [0.25, 0.3) is 0 Å². The molecule has 3 aromatic rings. The number of benzene rings is 1. The minimum Gasteiger partial charge on any atom is -0.275 e. The highest BCUT2D eigenvalue weighted by Gasteiger charge is 2.18. The van der Waals surface area contributed by atoms with Gasteiger partial charge in [0.15, 0.2) is 16.6 Å². The molecule has 0 aliphatic carbocycles. The van der Waals surface area contributed by atoms with Crippen LogP contribution in [0.5, 0.6) is 0 Å². The van der Waals surface area contributed by atoms with Crippen LogP contribution in [-0.2, 0) is 0 Å². The number of halogens is 3. The van der Waals surface area contributed by atoms with Crippen molar-refractivity contribution in [1.82, 2.24) is 19.6 Å². The Morgan fingerprint density at radius 2 is 1.90 bits per heavy atom. The minimum atomic E-state index is -0.704. The molecule has 0 aliphatic heterocycles. The molecular formula is C13H9ClF2N4. The highest BCUT2D eigenvalue weighted by molar-refractivity contribution is 6.32. The van der Waals surface area contributed by atoms with Crippen molar-refractivity contribution >= 4 is 17.2 Å². The van der Waals surface area contributed by atoms with Crippen LogP contribution in [-0.4, -0.2) is 19.6 Å². The first-order valence-electron chi connectivity index (χ1n) is 5.82. The molecular weight excluding hydrogens is 286 g/mol. The van der Waals surface area contributed by atoms with Crippen molar-refractivity contribution < 1.29 is 8.78 Å². The molecule has 20 heavy (non-hydrogen) atoms. The Morgan fingerprint density at radius 3 is 2.60 bits per heavy atom. The second-order valence-corrected chi connectivity index (χ2v) is 4.74. The molecule has 2 aromatic heterocycles. The highest BCUT2D eigenvalue weighted by Crippen LogP contribution is 2.26. The SMILES string of the molecule is Cc1nc(Cl)c2nnc(-c3ccc(F)cc3F)n2c1C. The number of hydrogen-bond acceptors (Lipinski definition) is 3. The van der Waals surface area contributed by atoms with Crippen molar-refractivity contribution in [2.45, 2.75) is 13.8 Å². The monoisotopic (exact) mass is 294 g/mol. The third-order valence-corrected chi connectivity index (χ3v) is 3.40. The van der Waals surface area contributed by atoms with Crippen LogP contribution in [0.4, 0.5) is 8.78 Å². The van der Waals surface area contributed by atoms with E-state index in [1.807, 2.05) is 0 Å². The standard InChI is InChI=1S/C13H9ClF2N4/c1-6-7(2)20-12(18-19-13(20)11(14)17-6)9-4-3-8(15)5-10(9)16/h3-5H,1-2H3. The van der Waals surface area contributed by atoms with Gasteiger partial charge in [0.2, 0.25) is 0 Å². The molecule has 0 amide bonds. The van der Waals surface area contributed by atoms with E-state index in [-0.39, 0.29) is 16.5 Å². The van der Waals surface area contributed by atoms with E-state index in [4.69, 9.17) is 11.6 Å².